The molecule has 2 heterocycles. The molecule has 10 nitrogen and oxygen atoms in total. The van der Waals surface area contributed by atoms with Crippen molar-refractivity contribution in [3.05, 3.63) is 52.5 Å². The number of hydrogen-bond donors (Lipinski definition) is 1. The van der Waals surface area contributed by atoms with E-state index in [-0.39, 0.29) is 18.2 Å². The summed E-state index contributed by atoms with van der Waals surface area (Å²) >= 11 is 3.46. The normalized spacial score (nSPS) is 15.1. The fourth-order valence-corrected chi connectivity index (χ4v) is 4.04. The smallest absolute Gasteiger partial charge is 0.304 e. The molecule has 0 saturated carbocycles. The van der Waals surface area contributed by atoms with Crippen molar-refractivity contribution in [2.45, 2.75) is 13.6 Å². The fraction of sp³-hybridized carbons (Fsp3) is 0.333. The molecule has 0 unspecified atom stereocenters. The van der Waals surface area contributed by atoms with Crippen molar-refractivity contribution in [2.75, 3.05) is 40.0 Å². The van der Waals surface area contributed by atoms with Crippen molar-refractivity contribution in [3.63, 3.8) is 0 Å². The number of nitrogens with zero attached hydrogens (tertiary/aromatic N) is 5. The van der Waals surface area contributed by atoms with Gasteiger partial charge in [0.2, 0.25) is 5.88 Å². The lowest BCUT2D eigenvalue weighted by molar-refractivity contribution is -0.122. The highest BCUT2D eigenvalue weighted by atomic mass is 79.9. The van der Waals surface area contributed by atoms with Crippen LogP contribution in [0.2, 0.25) is 0 Å². The van der Waals surface area contributed by atoms with E-state index < -0.39 is 5.91 Å². The van der Waals surface area contributed by atoms with E-state index in [0.29, 0.717) is 31.0 Å². The highest BCUT2D eigenvalue weighted by Gasteiger charge is 2.20. The minimum absolute atomic E-state index is 0.0598. The second kappa shape index (κ2) is 11.4. The number of azo groups is 1. The molecule has 1 aliphatic rings. The first-order valence-electron chi connectivity index (χ1n) is 11.0. The van der Waals surface area contributed by atoms with Gasteiger partial charge in [-0.05, 0) is 55.0 Å². The van der Waals surface area contributed by atoms with E-state index in [4.69, 9.17) is 14.3 Å². The van der Waals surface area contributed by atoms with Crippen molar-refractivity contribution >= 4 is 44.1 Å². The zero-order valence-electron chi connectivity index (χ0n) is 19.5. The van der Waals surface area contributed by atoms with E-state index in [9.17, 15) is 9.90 Å². The van der Waals surface area contributed by atoms with Crippen LogP contribution < -0.4 is 4.74 Å². The maximum atomic E-state index is 12.3. The number of carbonyl (C=O) groups excluding carboxylic acids is 1. The average molecular weight is 544 g/mol. The third-order valence-electron chi connectivity index (χ3n) is 5.58. The zero-order chi connectivity index (χ0) is 24.8. The molecule has 2 aromatic carbocycles. The number of carbonyl (C=O) groups is 1. The highest BCUT2D eigenvalue weighted by molar-refractivity contribution is 9.10. The van der Waals surface area contributed by atoms with Gasteiger partial charge in [-0.15, -0.1) is 10.2 Å². The zero-order valence-corrected chi connectivity index (χ0v) is 21.1. The van der Waals surface area contributed by atoms with E-state index >= 15 is 0 Å². The number of aromatic hydroxyl groups is 1. The number of rotatable bonds is 8. The first kappa shape index (κ1) is 24.8. The molecular weight excluding hydrogens is 518 g/mol. The average Bonchev–Trinajstić information content (AvgIpc) is 3.13. The second-order valence-electron chi connectivity index (χ2n) is 7.91. The van der Waals surface area contributed by atoms with Crippen molar-refractivity contribution in [1.82, 2.24) is 9.47 Å². The number of halogens is 1. The second-order valence-corrected chi connectivity index (χ2v) is 8.82. The number of benzene rings is 2. The van der Waals surface area contributed by atoms with Crippen molar-refractivity contribution in [2.24, 2.45) is 15.4 Å². The highest BCUT2D eigenvalue weighted by Crippen LogP contribution is 2.40. The van der Waals surface area contributed by atoms with Crippen LogP contribution in [0.1, 0.15) is 12.5 Å². The first-order chi connectivity index (χ1) is 17.0. The third kappa shape index (κ3) is 6.05. The fourth-order valence-electron chi connectivity index (χ4n) is 3.68. The molecule has 0 radical (unpaired) electrons. The molecule has 0 spiro atoms. The summed E-state index contributed by atoms with van der Waals surface area (Å²) in [5, 5.41) is 23.4. The summed E-state index contributed by atoms with van der Waals surface area (Å²) in [5.41, 5.74) is 2.45. The van der Waals surface area contributed by atoms with Gasteiger partial charge < -0.3 is 19.4 Å². The Balaban J connectivity index is 1.46. The number of amides is 1. The standard InChI is InChI=1S/C24H26BrN5O5/c1-16(17-3-6-19(33-2)7-4-17)28-35-14-22(31)26-27-23-20-13-18(25)5-8-21(20)30(24(23)32)15-29-9-11-34-12-10-29/h3-8,13,32H,9-12,14-15H2,1-2H3/b27-26?,28-16+. The van der Waals surface area contributed by atoms with Crippen LogP contribution >= 0.6 is 15.9 Å². The largest absolute Gasteiger partial charge is 0.497 e. The van der Waals surface area contributed by atoms with Crippen molar-refractivity contribution < 1.29 is 24.2 Å². The number of ether oxygens (including phenoxy) is 2. The van der Waals surface area contributed by atoms with E-state index in [1.807, 2.05) is 42.5 Å². The van der Waals surface area contributed by atoms with Gasteiger partial charge in [0, 0.05) is 22.9 Å². The van der Waals surface area contributed by atoms with Gasteiger partial charge >= 0.3 is 5.91 Å². The molecule has 1 saturated heterocycles. The predicted molar refractivity (Wildman–Crippen MR) is 134 cm³/mol. The number of aromatic nitrogens is 1. The maximum Gasteiger partial charge on any atom is 0.304 e. The Kier molecular flexibility index (Phi) is 8.11. The number of fused-ring (bicyclic) bond motifs is 1. The third-order valence-corrected chi connectivity index (χ3v) is 6.07. The molecule has 0 bridgehead atoms. The summed E-state index contributed by atoms with van der Waals surface area (Å²) < 4.78 is 13.1. The lowest BCUT2D eigenvalue weighted by Gasteiger charge is -2.27. The summed E-state index contributed by atoms with van der Waals surface area (Å²) in [6.07, 6.45) is 0. The van der Waals surface area contributed by atoms with E-state index in [1.165, 1.54) is 0 Å². The van der Waals surface area contributed by atoms with Crippen LogP contribution in [0.3, 0.4) is 0 Å². The molecular formula is C24H26BrN5O5. The SMILES string of the molecule is COc1ccc(/C(C)=N/OCC(=O)N=Nc2c(O)n(CN3CCOCC3)c3ccc(Br)cc23)cc1. The Morgan fingerprint density at radius 3 is 2.63 bits per heavy atom. The van der Waals surface area contributed by atoms with Crippen LogP contribution in [0.5, 0.6) is 11.6 Å². The number of methoxy groups -OCH3 is 1. The Morgan fingerprint density at radius 2 is 1.91 bits per heavy atom. The van der Waals surface area contributed by atoms with Crippen LogP contribution in [-0.2, 0) is 21.0 Å². The van der Waals surface area contributed by atoms with Crippen LogP contribution in [0.4, 0.5) is 5.69 Å². The van der Waals surface area contributed by atoms with E-state index in [1.54, 1.807) is 18.6 Å². The number of hydrogen-bond acceptors (Lipinski definition) is 8. The Labute approximate surface area is 210 Å². The Bertz CT molecular complexity index is 1250. The summed E-state index contributed by atoms with van der Waals surface area (Å²) in [7, 11) is 1.60. The monoisotopic (exact) mass is 543 g/mol. The quantitative estimate of drug-likeness (QED) is 0.255. The minimum atomic E-state index is -0.625. The topological polar surface area (TPSA) is 110 Å². The van der Waals surface area contributed by atoms with Crippen LogP contribution in [0, 0.1) is 0 Å². The van der Waals surface area contributed by atoms with Gasteiger partial charge in [-0.1, -0.05) is 21.1 Å². The van der Waals surface area contributed by atoms with Gasteiger partial charge in [-0.2, -0.15) is 0 Å². The summed E-state index contributed by atoms with van der Waals surface area (Å²) in [5.74, 6) is 0.0508. The van der Waals surface area contributed by atoms with Gasteiger partial charge in [-0.25, -0.2) is 0 Å². The predicted octanol–water partition coefficient (Wildman–Crippen LogP) is 4.46. The molecule has 11 heteroatoms. The minimum Gasteiger partial charge on any atom is -0.497 e. The molecule has 0 atom stereocenters. The molecule has 4 rings (SSSR count). The van der Waals surface area contributed by atoms with E-state index in [2.05, 4.69) is 36.2 Å². The maximum absolute atomic E-state index is 12.3. The van der Waals surface area contributed by atoms with Gasteiger partial charge in [0.1, 0.15) is 5.75 Å². The van der Waals surface area contributed by atoms with Gasteiger partial charge in [0.15, 0.2) is 12.3 Å². The molecule has 0 aliphatic carbocycles. The first-order valence-corrected chi connectivity index (χ1v) is 11.8. The summed E-state index contributed by atoms with van der Waals surface area (Å²) in [4.78, 5) is 19.6. The van der Waals surface area contributed by atoms with Crippen LogP contribution in [0.15, 0.2) is 62.3 Å². The molecule has 1 amide bonds. The summed E-state index contributed by atoms with van der Waals surface area (Å²) in [6.45, 7) is 4.68. The number of morpholine rings is 1. The van der Waals surface area contributed by atoms with Gasteiger partial charge in [0.25, 0.3) is 0 Å². The lowest BCUT2D eigenvalue weighted by atomic mass is 10.1. The molecule has 1 N–H and O–H groups in total. The van der Waals surface area contributed by atoms with Gasteiger partial charge in [-0.3, -0.25) is 14.3 Å². The molecule has 184 valence electrons. The Hall–Kier alpha value is -3.28. The molecule has 35 heavy (non-hydrogen) atoms. The molecule has 1 aromatic heterocycles. The number of oxime groups is 1. The molecule has 3 aromatic rings. The molecule has 1 fully saturated rings. The van der Waals surface area contributed by atoms with E-state index in [0.717, 1.165) is 34.4 Å². The Morgan fingerprint density at radius 1 is 1.17 bits per heavy atom. The van der Waals surface area contributed by atoms with Crippen molar-refractivity contribution in [3.8, 4) is 11.6 Å². The lowest BCUT2D eigenvalue weighted by Crippen LogP contribution is -2.37. The van der Waals surface area contributed by atoms with Crippen LogP contribution in [0.25, 0.3) is 10.9 Å². The van der Waals surface area contributed by atoms with Gasteiger partial charge in [0.05, 0.1) is 38.2 Å². The van der Waals surface area contributed by atoms with Crippen LogP contribution in [-0.4, -0.2) is 66.2 Å². The molecule has 1 aliphatic heterocycles. The summed E-state index contributed by atoms with van der Waals surface area (Å²) in [6, 6.07) is 12.9. The van der Waals surface area contributed by atoms with Crippen molar-refractivity contribution in [1.29, 1.82) is 0 Å².